The minimum absolute atomic E-state index is 0.0438. The Labute approximate surface area is 110 Å². The Balaban J connectivity index is 2.85. The van der Waals surface area contributed by atoms with Crippen LogP contribution in [0.3, 0.4) is 0 Å². The molecule has 1 rings (SSSR count). The Morgan fingerprint density at radius 3 is 2.61 bits per heavy atom. The second-order valence-corrected chi connectivity index (χ2v) is 4.64. The predicted molar refractivity (Wildman–Crippen MR) is 73.5 cm³/mol. The molecule has 1 aromatic rings. The van der Waals surface area contributed by atoms with Crippen LogP contribution in [0.2, 0.25) is 0 Å². The van der Waals surface area contributed by atoms with E-state index < -0.39 is 0 Å². The molecule has 0 aliphatic rings. The number of hydrogen-bond acceptors (Lipinski definition) is 2. The number of ether oxygens (including phenoxy) is 1. The van der Waals surface area contributed by atoms with Crippen LogP contribution in [-0.4, -0.2) is 13.2 Å². The number of rotatable bonds is 7. The average molecular weight is 253 g/mol. The van der Waals surface area contributed by atoms with Gasteiger partial charge in [-0.05, 0) is 31.9 Å². The molecule has 0 bridgehead atoms. The van der Waals surface area contributed by atoms with Crippen LogP contribution in [0.1, 0.15) is 51.6 Å². The molecule has 2 unspecified atom stereocenters. The van der Waals surface area contributed by atoms with E-state index in [1.807, 2.05) is 6.92 Å². The van der Waals surface area contributed by atoms with E-state index in [9.17, 15) is 4.39 Å². The van der Waals surface area contributed by atoms with Crippen LogP contribution in [0.5, 0.6) is 5.75 Å². The fourth-order valence-electron chi connectivity index (χ4n) is 2.31. The van der Waals surface area contributed by atoms with Gasteiger partial charge >= 0.3 is 0 Å². The number of benzene rings is 1. The molecule has 1 N–H and O–H groups in total. The van der Waals surface area contributed by atoms with Crippen molar-refractivity contribution in [3.63, 3.8) is 0 Å². The number of halogens is 1. The summed E-state index contributed by atoms with van der Waals surface area (Å²) < 4.78 is 19.2. The van der Waals surface area contributed by atoms with Gasteiger partial charge in [0.05, 0.1) is 7.11 Å². The third kappa shape index (κ3) is 3.70. The van der Waals surface area contributed by atoms with Gasteiger partial charge in [0, 0.05) is 17.6 Å². The fraction of sp³-hybridized carbons (Fsp3) is 0.600. The summed E-state index contributed by atoms with van der Waals surface area (Å²) >= 11 is 0. The molecular formula is C15H24FNO. The van der Waals surface area contributed by atoms with E-state index >= 15 is 0 Å². The summed E-state index contributed by atoms with van der Waals surface area (Å²) in [4.78, 5) is 0. The summed E-state index contributed by atoms with van der Waals surface area (Å²) in [5.74, 6) is 0.405. The highest BCUT2D eigenvalue weighted by atomic mass is 19.1. The fourth-order valence-corrected chi connectivity index (χ4v) is 2.31. The van der Waals surface area contributed by atoms with Crippen LogP contribution in [0.4, 0.5) is 4.39 Å². The first-order valence-corrected chi connectivity index (χ1v) is 6.72. The van der Waals surface area contributed by atoms with Gasteiger partial charge in [-0.25, -0.2) is 4.39 Å². The largest absolute Gasteiger partial charge is 0.496 e. The Hall–Kier alpha value is -1.09. The molecule has 0 fully saturated rings. The van der Waals surface area contributed by atoms with Crippen molar-refractivity contribution in [1.29, 1.82) is 0 Å². The molecule has 0 heterocycles. The third-order valence-electron chi connectivity index (χ3n) is 3.28. The predicted octanol–water partition coefficient (Wildman–Crippen LogP) is 4.06. The molecule has 3 heteroatoms. The Morgan fingerprint density at radius 2 is 2.06 bits per heavy atom. The average Bonchev–Trinajstić information content (AvgIpc) is 2.37. The van der Waals surface area contributed by atoms with Crippen molar-refractivity contribution in [2.75, 3.05) is 7.11 Å². The van der Waals surface area contributed by atoms with Crippen LogP contribution in [0.25, 0.3) is 0 Å². The number of methoxy groups -OCH3 is 1. The quantitative estimate of drug-likeness (QED) is 0.791. The van der Waals surface area contributed by atoms with Crippen molar-refractivity contribution < 1.29 is 9.13 Å². The van der Waals surface area contributed by atoms with E-state index in [1.165, 1.54) is 6.07 Å². The normalized spacial score (nSPS) is 14.3. The summed E-state index contributed by atoms with van der Waals surface area (Å²) in [5, 5.41) is 3.48. The summed E-state index contributed by atoms with van der Waals surface area (Å²) in [6, 6.07) is 5.34. The minimum Gasteiger partial charge on any atom is -0.496 e. The molecule has 102 valence electrons. The molecule has 0 aliphatic carbocycles. The molecule has 0 saturated heterocycles. The van der Waals surface area contributed by atoms with Crippen molar-refractivity contribution in [1.82, 2.24) is 5.32 Å². The lowest BCUT2D eigenvalue weighted by Crippen LogP contribution is -2.31. The van der Waals surface area contributed by atoms with E-state index in [4.69, 9.17) is 4.74 Å². The lowest BCUT2D eigenvalue weighted by Gasteiger charge is -2.24. The van der Waals surface area contributed by atoms with E-state index in [0.717, 1.165) is 19.3 Å². The number of nitrogens with one attached hydrogen (secondary N) is 1. The van der Waals surface area contributed by atoms with E-state index in [1.54, 1.807) is 19.2 Å². The zero-order valence-corrected chi connectivity index (χ0v) is 11.8. The summed E-state index contributed by atoms with van der Waals surface area (Å²) in [5.41, 5.74) is 0.620. The minimum atomic E-state index is -0.208. The standard InChI is InChI=1S/C15H24FNO/c1-5-8-12(6-2)17-11(3)15-13(16)9-7-10-14(15)18-4/h7,9-12,17H,5-6,8H2,1-4H3. The summed E-state index contributed by atoms with van der Waals surface area (Å²) in [6.45, 7) is 6.30. The van der Waals surface area contributed by atoms with Crippen LogP contribution in [0, 0.1) is 5.82 Å². The maximum absolute atomic E-state index is 13.9. The van der Waals surface area contributed by atoms with Crippen LogP contribution in [0.15, 0.2) is 18.2 Å². The topological polar surface area (TPSA) is 21.3 Å². The van der Waals surface area contributed by atoms with Gasteiger partial charge in [-0.3, -0.25) is 0 Å². The highest BCUT2D eigenvalue weighted by Crippen LogP contribution is 2.28. The molecule has 0 spiro atoms. The van der Waals surface area contributed by atoms with E-state index in [2.05, 4.69) is 19.2 Å². The molecule has 0 aromatic heterocycles. The number of hydrogen-bond donors (Lipinski definition) is 1. The van der Waals surface area contributed by atoms with Gasteiger partial charge in [0.25, 0.3) is 0 Å². The summed E-state index contributed by atoms with van der Waals surface area (Å²) in [7, 11) is 1.58. The van der Waals surface area contributed by atoms with Gasteiger partial charge in [-0.1, -0.05) is 26.3 Å². The van der Waals surface area contributed by atoms with Crippen molar-refractivity contribution in [3.05, 3.63) is 29.6 Å². The molecular weight excluding hydrogens is 229 g/mol. The Morgan fingerprint density at radius 1 is 1.33 bits per heavy atom. The van der Waals surface area contributed by atoms with Crippen molar-refractivity contribution in [2.45, 2.75) is 52.1 Å². The van der Waals surface area contributed by atoms with E-state index in [-0.39, 0.29) is 11.9 Å². The zero-order chi connectivity index (χ0) is 13.5. The van der Waals surface area contributed by atoms with E-state index in [0.29, 0.717) is 17.4 Å². The van der Waals surface area contributed by atoms with Gasteiger partial charge in [0.1, 0.15) is 11.6 Å². The first kappa shape index (κ1) is 15.0. The molecule has 2 nitrogen and oxygen atoms in total. The first-order chi connectivity index (χ1) is 8.63. The van der Waals surface area contributed by atoms with Crippen molar-refractivity contribution in [3.8, 4) is 5.75 Å². The SMILES string of the molecule is CCCC(CC)NC(C)c1c(F)cccc1OC. The van der Waals surface area contributed by atoms with Crippen molar-refractivity contribution >= 4 is 0 Å². The summed E-state index contributed by atoms with van der Waals surface area (Å²) in [6.07, 6.45) is 3.29. The molecule has 2 atom stereocenters. The zero-order valence-electron chi connectivity index (χ0n) is 11.8. The molecule has 1 aromatic carbocycles. The molecule has 0 aliphatic heterocycles. The maximum atomic E-state index is 13.9. The molecule has 0 saturated carbocycles. The molecule has 0 radical (unpaired) electrons. The van der Waals surface area contributed by atoms with Crippen LogP contribution < -0.4 is 10.1 Å². The van der Waals surface area contributed by atoms with Gasteiger partial charge in [-0.2, -0.15) is 0 Å². The maximum Gasteiger partial charge on any atom is 0.131 e. The van der Waals surface area contributed by atoms with Crippen LogP contribution >= 0.6 is 0 Å². The highest BCUT2D eigenvalue weighted by Gasteiger charge is 2.18. The van der Waals surface area contributed by atoms with Gasteiger partial charge in [0.15, 0.2) is 0 Å². The van der Waals surface area contributed by atoms with Gasteiger partial charge in [0.2, 0.25) is 0 Å². The van der Waals surface area contributed by atoms with Crippen molar-refractivity contribution in [2.24, 2.45) is 0 Å². The molecule has 0 amide bonds. The van der Waals surface area contributed by atoms with Gasteiger partial charge in [-0.15, -0.1) is 0 Å². The smallest absolute Gasteiger partial charge is 0.131 e. The second-order valence-electron chi connectivity index (χ2n) is 4.64. The van der Waals surface area contributed by atoms with Gasteiger partial charge < -0.3 is 10.1 Å². The Bertz CT molecular complexity index is 368. The highest BCUT2D eigenvalue weighted by molar-refractivity contribution is 5.36. The monoisotopic (exact) mass is 253 g/mol. The molecule has 18 heavy (non-hydrogen) atoms. The van der Waals surface area contributed by atoms with Crippen LogP contribution in [-0.2, 0) is 0 Å². The second kappa shape index (κ2) is 7.37. The third-order valence-corrected chi connectivity index (χ3v) is 3.28. The lowest BCUT2D eigenvalue weighted by molar-refractivity contribution is 0.373. The Kier molecular flexibility index (Phi) is 6.13. The first-order valence-electron chi connectivity index (χ1n) is 6.72. The lowest BCUT2D eigenvalue weighted by atomic mass is 10.0.